The van der Waals surface area contributed by atoms with Crippen LogP contribution in [0.3, 0.4) is 0 Å². The Kier molecular flexibility index (Phi) is 4.19. The fourth-order valence-corrected chi connectivity index (χ4v) is 2.46. The van der Waals surface area contributed by atoms with Crippen molar-refractivity contribution < 1.29 is 0 Å². The molecule has 1 aromatic heterocycles. The van der Waals surface area contributed by atoms with Crippen molar-refractivity contribution in [3.63, 3.8) is 0 Å². The molecule has 2 aromatic carbocycles. The van der Waals surface area contributed by atoms with E-state index in [1.807, 2.05) is 31.2 Å². The fraction of sp³-hybridized carbons (Fsp3) is 0.167. The molecule has 1 heterocycles. The van der Waals surface area contributed by atoms with Gasteiger partial charge in [-0.25, -0.2) is 0 Å². The largest absolute Gasteiger partial charge is 0.339 e. The van der Waals surface area contributed by atoms with Crippen molar-refractivity contribution in [3.8, 4) is 0 Å². The Labute approximate surface area is 135 Å². The van der Waals surface area contributed by atoms with Crippen molar-refractivity contribution in [3.05, 3.63) is 65.4 Å². The second-order valence-electron chi connectivity index (χ2n) is 5.66. The lowest BCUT2D eigenvalue weighted by Crippen LogP contribution is -2.02. The summed E-state index contributed by atoms with van der Waals surface area (Å²) >= 11 is 0. The van der Waals surface area contributed by atoms with Gasteiger partial charge in [-0.05, 0) is 61.7 Å². The number of aromatic nitrogens is 3. The molecule has 0 unspecified atom stereocenters. The Morgan fingerprint density at radius 1 is 0.783 bits per heavy atom. The second-order valence-corrected chi connectivity index (χ2v) is 5.66. The molecule has 0 atom stereocenters. The Bertz CT molecular complexity index is 809. The third-order valence-corrected chi connectivity index (χ3v) is 3.33. The first-order valence-electron chi connectivity index (χ1n) is 7.47. The highest BCUT2D eigenvalue weighted by atomic mass is 15.3. The maximum absolute atomic E-state index is 4.46. The molecular weight excluding hydrogens is 286 g/mol. The number of rotatable bonds is 4. The zero-order valence-electron chi connectivity index (χ0n) is 13.5. The Morgan fingerprint density at radius 2 is 1.52 bits per heavy atom. The lowest BCUT2D eigenvalue weighted by atomic mass is 10.1. The summed E-state index contributed by atoms with van der Waals surface area (Å²) < 4.78 is 0. The summed E-state index contributed by atoms with van der Waals surface area (Å²) in [6, 6.07) is 14.3. The predicted molar refractivity (Wildman–Crippen MR) is 93.5 cm³/mol. The van der Waals surface area contributed by atoms with Gasteiger partial charge < -0.3 is 10.6 Å². The minimum absolute atomic E-state index is 0.463. The molecule has 0 amide bonds. The first kappa shape index (κ1) is 15.0. The van der Waals surface area contributed by atoms with Crippen LogP contribution in [0.25, 0.3) is 0 Å². The van der Waals surface area contributed by atoms with Crippen LogP contribution in [0.5, 0.6) is 0 Å². The number of aryl methyl sites for hydroxylation is 3. The fourth-order valence-electron chi connectivity index (χ4n) is 2.46. The average Bonchev–Trinajstić information content (AvgIpc) is 2.46. The Hall–Kier alpha value is -2.95. The van der Waals surface area contributed by atoms with Crippen LogP contribution < -0.4 is 10.6 Å². The second kappa shape index (κ2) is 6.44. The summed E-state index contributed by atoms with van der Waals surface area (Å²) in [6.07, 6.45) is 1.61. The van der Waals surface area contributed by atoms with Crippen LogP contribution in [0.4, 0.5) is 23.1 Å². The van der Waals surface area contributed by atoms with E-state index in [-0.39, 0.29) is 0 Å². The van der Waals surface area contributed by atoms with Crippen LogP contribution >= 0.6 is 0 Å². The molecule has 0 spiro atoms. The van der Waals surface area contributed by atoms with Crippen LogP contribution in [0, 0.1) is 20.8 Å². The molecule has 0 radical (unpaired) electrons. The van der Waals surface area contributed by atoms with Gasteiger partial charge in [0.05, 0.1) is 6.20 Å². The third-order valence-electron chi connectivity index (χ3n) is 3.33. The smallest absolute Gasteiger partial charge is 0.249 e. The van der Waals surface area contributed by atoms with E-state index in [0.717, 1.165) is 11.4 Å². The summed E-state index contributed by atoms with van der Waals surface area (Å²) in [5.41, 5.74) is 5.51. The highest BCUT2D eigenvalue weighted by Gasteiger charge is 2.03. The Balaban J connectivity index is 1.79. The number of hydrogen-bond donors (Lipinski definition) is 2. The van der Waals surface area contributed by atoms with Gasteiger partial charge in [0.15, 0.2) is 5.82 Å². The van der Waals surface area contributed by atoms with Crippen molar-refractivity contribution in [2.24, 2.45) is 0 Å². The highest BCUT2D eigenvalue weighted by Crippen LogP contribution is 2.19. The van der Waals surface area contributed by atoms with Gasteiger partial charge in [0, 0.05) is 11.4 Å². The summed E-state index contributed by atoms with van der Waals surface area (Å²) in [6.45, 7) is 6.19. The van der Waals surface area contributed by atoms with Gasteiger partial charge in [-0.3, -0.25) is 0 Å². The molecule has 0 bridgehead atoms. The molecule has 23 heavy (non-hydrogen) atoms. The van der Waals surface area contributed by atoms with Crippen molar-refractivity contribution in [2.75, 3.05) is 10.6 Å². The molecule has 0 saturated carbocycles. The van der Waals surface area contributed by atoms with Crippen molar-refractivity contribution >= 4 is 23.1 Å². The van der Waals surface area contributed by atoms with E-state index in [2.05, 4.69) is 57.9 Å². The van der Waals surface area contributed by atoms with E-state index < -0.39 is 0 Å². The minimum atomic E-state index is 0.463. The van der Waals surface area contributed by atoms with Gasteiger partial charge in [0.25, 0.3) is 0 Å². The van der Waals surface area contributed by atoms with Crippen LogP contribution in [0.2, 0.25) is 0 Å². The first-order valence-corrected chi connectivity index (χ1v) is 7.47. The highest BCUT2D eigenvalue weighted by molar-refractivity contribution is 5.60. The molecule has 3 aromatic rings. The number of hydrogen-bond acceptors (Lipinski definition) is 5. The molecule has 2 N–H and O–H groups in total. The van der Waals surface area contributed by atoms with Crippen LogP contribution in [-0.2, 0) is 0 Å². The standard InChI is InChI=1S/C18H19N5/c1-12-5-4-6-15(8-12)21-18-22-17(11-19-23-18)20-16-9-13(2)7-14(3)10-16/h4-11H,1-3H3,(H2,20,21,22,23). The lowest BCUT2D eigenvalue weighted by molar-refractivity contribution is 0.982. The summed E-state index contributed by atoms with van der Waals surface area (Å²) in [4.78, 5) is 4.46. The molecule has 0 aliphatic heterocycles. The normalized spacial score (nSPS) is 10.4. The summed E-state index contributed by atoms with van der Waals surface area (Å²) in [5, 5.41) is 14.5. The minimum Gasteiger partial charge on any atom is -0.339 e. The summed E-state index contributed by atoms with van der Waals surface area (Å²) in [5.74, 6) is 1.12. The molecule has 116 valence electrons. The predicted octanol–water partition coefficient (Wildman–Crippen LogP) is 4.28. The van der Waals surface area contributed by atoms with E-state index in [0.29, 0.717) is 11.8 Å². The van der Waals surface area contributed by atoms with Gasteiger partial charge >= 0.3 is 0 Å². The van der Waals surface area contributed by atoms with Crippen molar-refractivity contribution in [2.45, 2.75) is 20.8 Å². The van der Waals surface area contributed by atoms with Crippen LogP contribution in [0.1, 0.15) is 16.7 Å². The molecule has 0 fully saturated rings. The van der Waals surface area contributed by atoms with E-state index in [1.54, 1.807) is 6.20 Å². The average molecular weight is 305 g/mol. The zero-order chi connectivity index (χ0) is 16.2. The molecule has 0 saturated heterocycles. The summed E-state index contributed by atoms with van der Waals surface area (Å²) in [7, 11) is 0. The number of nitrogens with zero attached hydrogens (tertiary/aromatic N) is 3. The zero-order valence-corrected chi connectivity index (χ0v) is 13.5. The van der Waals surface area contributed by atoms with Crippen molar-refractivity contribution in [1.82, 2.24) is 15.2 Å². The van der Waals surface area contributed by atoms with Gasteiger partial charge in [0.1, 0.15) is 0 Å². The lowest BCUT2D eigenvalue weighted by Gasteiger charge is -2.09. The number of anilines is 4. The number of benzene rings is 2. The maximum atomic E-state index is 4.46. The first-order chi connectivity index (χ1) is 11.1. The molecular formula is C18H19N5. The monoisotopic (exact) mass is 305 g/mol. The third kappa shape index (κ3) is 4.03. The molecule has 5 nitrogen and oxygen atoms in total. The molecule has 5 heteroatoms. The SMILES string of the molecule is Cc1cc(C)cc(Nc2cnnc(Nc3cccc(C)c3)n2)c1. The van der Waals surface area contributed by atoms with Gasteiger partial charge in [-0.15, -0.1) is 5.10 Å². The maximum Gasteiger partial charge on any atom is 0.249 e. The molecule has 0 aliphatic carbocycles. The van der Waals surface area contributed by atoms with E-state index in [4.69, 9.17) is 0 Å². The van der Waals surface area contributed by atoms with Crippen molar-refractivity contribution in [1.29, 1.82) is 0 Å². The quantitative estimate of drug-likeness (QED) is 0.753. The topological polar surface area (TPSA) is 62.7 Å². The molecule has 3 rings (SSSR count). The van der Waals surface area contributed by atoms with Gasteiger partial charge in [-0.1, -0.05) is 18.2 Å². The van der Waals surface area contributed by atoms with Gasteiger partial charge in [-0.2, -0.15) is 10.1 Å². The van der Waals surface area contributed by atoms with E-state index in [1.165, 1.54) is 16.7 Å². The van der Waals surface area contributed by atoms with Crippen LogP contribution in [-0.4, -0.2) is 15.2 Å². The molecule has 0 aliphatic rings. The van der Waals surface area contributed by atoms with E-state index >= 15 is 0 Å². The van der Waals surface area contributed by atoms with E-state index in [9.17, 15) is 0 Å². The number of nitrogens with one attached hydrogen (secondary N) is 2. The Morgan fingerprint density at radius 3 is 2.26 bits per heavy atom. The van der Waals surface area contributed by atoms with Crippen LogP contribution in [0.15, 0.2) is 48.7 Å². The van der Waals surface area contributed by atoms with Gasteiger partial charge in [0.2, 0.25) is 5.95 Å².